The molecule has 20 heavy (non-hydrogen) atoms. The number of furan rings is 1. The summed E-state index contributed by atoms with van der Waals surface area (Å²) in [6, 6.07) is 12.0. The Bertz CT molecular complexity index is 617. The smallest absolute Gasteiger partial charge is 0.274 e. The highest BCUT2D eigenvalue weighted by Crippen LogP contribution is 2.48. The van der Waals surface area contributed by atoms with Crippen LogP contribution in [0, 0.1) is 5.92 Å². The Kier molecular flexibility index (Phi) is 3.37. The first-order chi connectivity index (χ1) is 9.75. The number of carbonyl (C=O) groups excluding carboxylic acids is 1. The molecule has 1 saturated carbocycles. The number of carbonyl (C=O) groups is 1. The molecule has 1 N–H and O–H groups in total. The van der Waals surface area contributed by atoms with Crippen LogP contribution >= 0.6 is 0 Å². The third kappa shape index (κ3) is 2.64. The predicted octanol–water partition coefficient (Wildman–Crippen LogP) is 3.19. The van der Waals surface area contributed by atoms with Gasteiger partial charge in [0.25, 0.3) is 5.91 Å². The van der Waals surface area contributed by atoms with E-state index in [4.69, 9.17) is 4.42 Å². The zero-order valence-corrected chi connectivity index (χ0v) is 11.2. The van der Waals surface area contributed by atoms with Crippen LogP contribution in [0.3, 0.4) is 0 Å². The summed E-state index contributed by atoms with van der Waals surface area (Å²) < 4.78 is 4.87. The maximum atomic E-state index is 11.7. The topological polar surface area (TPSA) is 54.6 Å². The Morgan fingerprint density at radius 3 is 2.80 bits per heavy atom. The second-order valence-corrected chi connectivity index (χ2v) is 5.07. The fourth-order valence-corrected chi connectivity index (χ4v) is 2.41. The molecule has 1 aromatic carbocycles. The molecule has 1 heterocycles. The zero-order valence-electron chi connectivity index (χ0n) is 11.2. The van der Waals surface area contributed by atoms with Crippen LogP contribution in [-0.4, -0.2) is 11.6 Å². The number of hydrogen-bond acceptors (Lipinski definition) is 3. The molecule has 4 heteroatoms. The maximum Gasteiger partial charge on any atom is 0.274 e. The lowest BCUT2D eigenvalue weighted by atomic mass is 10.1. The van der Waals surface area contributed by atoms with Crippen LogP contribution in [0.2, 0.25) is 0 Å². The van der Waals surface area contributed by atoms with Gasteiger partial charge in [-0.1, -0.05) is 30.3 Å². The minimum absolute atomic E-state index is 0.241. The second-order valence-electron chi connectivity index (χ2n) is 5.07. The highest BCUT2D eigenvalue weighted by atomic mass is 16.3. The Balaban J connectivity index is 1.59. The van der Waals surface area contributed by atoms with Gasteiger partial charge in [0, 0.05) is 11.6 Å². The second kappa shape index (κ2) is 5.33. The predicted molar refractivity (Wildman–Crippen MR) is 76.6 cm³/mol. The number of hydrogen-bond donors (Lipinski definition) is 1. The minimum Gasteiger partial charge on any atom is -0.472 e. The highest BCUT2D eigenvalue weighted by molar-refractivity contribution is 5.95. The van der Waals surface area contributed by atoms with Crippen LogP contribution in [0.15, 0.2) is 58.4 Å². The van der Waals surface area contributed by atoms with E-state index in [0.29, 0.717) is 17.4 Å². The van der Waals surface area contributed by atoms with Crippen LogP contribution < -0.4 is 5.43 Å². The van der Waals surface area contributed by atoms with E-state index in [9.17, 15) is 4.79 Å². The molecule has 1 amide bonds. The molecule has 4 nitrogen and oxygen atoms in total. The summed E-state index contributed by atoms with van der Waals surface area (Å²) in [7, 11) is 0. The van der Waals surface area contributed by atoms with Gasteiger partial charge >= 0.3 is 0 Å². The molecule has 0 saturated heterocycles. The fraction of sp³-hybridized carbons (Fsp3) is 0.250. The molecule has 3 rings (SSSR count). The Labute approximate surface area is 117 Å². The lowest BCUT2D eigenvalue weighted by molar-refractivity contribution is 0.0954. The average molecular weight is 268 g/mol. The van der Waals surface area contributed by atoms with Crippen molar-refractivity contribution in [3.05, 3.63) is 60.1 Å². The van der Waals surface area contributed by atoms with Gasteiger partial charge in [-0.05, 0) is 30.9 Å². The summed E-state index contributed by atoms with van der Waals surface area (Å²) in [6.07, 6.45) is 3.98. The van der Waals surface area contributed by atoms with Crippen LogP contribution in [0.25, 0.3) is 0 Å². The minimum atomic E-state index is -0.241. The van der Waals surface area contributed by atoms with Gasteiger partial charge in [-0.2, -0.15) is 5.10 Å². The molecular weight excluding hydrogens is 252 g/mol. The Morgan fingerprint density at radius 1 is 1.30 bits per heavy atom. The summed E-state index contributed by atoms with van der Waals surface area (Å²) in [5.74, 6) is 0.725. The Morgan fingerprint density at radius 2 is 2.10 bits per heavy atom. The monoisotopic (exact) mass is 268 g/mol. The van der Waals surface area contributed by atoms with Crippen molar-refractivity contribution in [3.8, 4) is 0 Å². The molecule has 2 unspecified atom stereocenters. The third-order valence-corrected chi connectivity index (χ3v) is 3.67. The molecule has 1 fully saturated rings. The molecule has 0 radical (unpaired) electrons. The van der Waals surface area contributed by atoms with Gasteiger partial charge < -0.3 is 4.42 Å². The van der Waals surface area contributed by atoms with Gasteiger partial charge in [0.2, 0.25) is 0 Å². The highest BCUT2D eigenvalue weighted by Gasteiger charge is 2.40. The summed E-state index contributed by atoms with van der Waals surface area (Å²) in [5, 5.41) is 4.19. The summed E-state index contributed by atoms with van der Waals surface area (Å²) >= 11 is 0. The van der Waals surface area contributed by atoms with Crippen molar-refractivity contribution >= 4 is 11.6 Å². The van der Waals surface area contributed by atoms with Crippen molar-refractivity contribution in [1.82, 2.24) is 5.43 Å². The number of benzene rings is 1. The molecule has 2 atom stereocenters. The quantitative estimate of drug-likeness (QED) is 0.684. The van der Waals surface area contributed by atoms with Crippen LogP contribution in [0.5, 0.6) is 0 Å². The summed E-state index contributed by atoms with van der Waals surface area (Å²) in [6.45, 7) is 1.96. The van der Waals surface area contributed by atoms with Crippen molar-refractivity contribution in [3.63, 3.8) is 0 Å². The average Bonchev–Trinajstić information content (AvgIpc) is 3.10. The molecule has 102 valence electrons. The SMILES string of the molecule is C/C(=N\NC(=O)c1ccoc1)C1CC1c1ccccc1. The van der Waals surface area contributed by atoms with Crippen molar-refractivity contribution in [2.24, 2.45) is 11.0 Å². The van der Waals surface area contributed by atoms with E-state index in [-0.39, 0.29) is 5.91 Å². The van der Waals surface area contributed by atoms with Gasteiger partial charge in [-0.25, -0.2) is 5.43 Å². The van der Waals surface area contributed by atoms with E-state index in [1.807, 2.05) is 13.0 Å². The number of nitrogens with zero attached hydrogens (tertiary/aromatic N) is 1. The molecule has 1 aliphatic rings. The first-order valence-electron chi connectivity index (χ1n) is 6.67. The third-order valence-electron chi connectivity index (χ3n) is 3.67. The largest absolute Gasteiger partial charge is 0.472 e. The van der Waals surface area contributed by atoms with Crippen LogP contribution in [0.4, 0.5) is 0 Å². The number of hydrazone groups is 1. The van der Waals surface area contributed by atoms with E-state index in [0.717, 1.165) is 12.1 Å². The fourth-order valence-electron chi connectivity index (χ4n) is 2.41. The standard InChI is InChI=1S/C16H16N2O2/c1-11(17-18-16(19)13-7-8-20-10-13)14-9-15(14)12-5-3-2-4-6-12/h2-8,10,14-15H,9H2,1H3,(H,18,19)/b17-11+. The normalized spacial score (nSPS) is 21.6. The van der Waals surface area contributed by atoms with Crippen molar-refractivity contribution in [1.29, 1.82) is 0 Å². The van der Waals surface area contributed by atoms with E-state index >= 15 is 0 Å². The molecule has 1 aromatic heterocycles. The molecule has 0 bridgehead atoms. The molecule has 1 aliphatic carbocycles. The first-order valence-corrected chi connectivity index (χ1v) is 6.67. The first kappa shape index (κ1) is 12.7. The molecule has 0 spiro atoms. The van der Waals surface area contributed by atoms with Crippen molar-refractivity contribution in [2.45, 2.75) is 19.3 Å². The lowest BCUT2D eigenvalue weighted by Gasteiger charge is -2.01. The van der Waals surface area contributed by atoms with Crippen molar-refractivity contribution in [2.75, 3.05) is 0 Å². The van der Waals surface area contributed by atoms with E-state index in [2.05, 4.69) is 34.8 Å². The molecule has 0 aliphatic heterocycles. The van der Waals surface area contributed by atoms with Gasteiger partial charge in [-0.15, -0.1) is 0 Å². The molecular formula is C16H16N2O2. The number of rotatable bonds is 4. The zero-order chi connectivity index (χ0) is 13.9. The van der Waals surface area contributed by atoms with Gasteiger partial charge in [0.1, 0.15) is 6.26 Å². The Hall–Kier alpha value is -2.36. The van der Waals surface area contributed by atoms with Crippen LogP contribution in [0.1, 0.15) is 35.2 Å². The lowest BCUT2D eigenvalue weighted by Crippen LogP contribution is -2.19. The van der Waals surface area contributed by atoms with Gasteiger partial charge in [-0.3, -0.25) is 4.79 Å². The van der Waals surface area contributed by atoms with E-state index in [1.165, 1.54) is 18.1 Å². The number of amides is 1. The van der Waals surface area contributed by atoms with Gasteiger partial charge in [0.05, 0.1) is 11.8 Å². The summed E-state index contributed by atoms with van der Waals surface area (Å²) in [5.41, 5.74) is 5.36. The summed E-state index contributed by atoms with van der Waals surface area (Å²) in [4.78, 5) is 11.7. The number of nitrogens with one attached hydrogen (secondary N) is 1. The van der Waals surface area contributed by atoms with Crippen molar-refractivity contribution < 1.29 is 9.21 Å². The van der Waals surface area contributed by atoms with E-state index < -0.39 is 0 Å². The van der Waals surface area contributed by atoms with Gasteiger partial charge in [0.15, 0.2) is 0 Å². The van der Waals surface area contributed by atoms with E-state index in [1.54, 1.807) is 6.07 Å². The molecule has 2 aromatic rings. The van der Waals surface area contributed by atoms with Crippen LogP contribution in [-0.2, 0) is 0 Å². The maximum absolute atomic E-state index is 11.7.